The van der Waals surface area contributed by atoms with E-state index in [1.807, 2.05) is 6.07 Å². The summed E-state index contributed by atoms with van der Waals surface area (Å²) in [5.41, 5.74) is 0.352. The summed E-state index contributed by atoms with van der Waals surface area (Å²) in [5, 5.41) is 11.9. The lowest BCUT2D eigenvalue weighted by Crippen LogP contribution is -2.29. The highest BCUT2D eigenvalue weighted by Gasteiger charge is 2.30. The average Bonchev–Trinajstić information content (AvgIpc) is 2.92. The van der Waals surface area contributed by atoms with Crippen LogP contribution in [-0.2, 0) is 14.6 Å². The third-order valence-corrected chi connectivity index (χ3v) is 5.59. The van der Waals surface area contributed by atoms with Gasteiger partial charge in [-0.15, -0.1) is 0 Å². The maximum atomic E-state index is 12.3. The number of methoxy groups -OCH3 is 1. The maximum absolute atomic E-state index is 12.3. The second kappa shape index (κ2) is 7.36. The van der Waals surface area contributed by atoms with Crippen LogP contribution in [0.3, 0.4) is 0 Å². The van der Waals surface area contributed by atoms with E-state index in [9.17, 15) is 18.5 Å². The Morgan fingerprint density at radius 3 is 2.75 bits per heavy atom. The SMILES string of the molecule is COc1ccccc1NC(=O)/C(C#N)=C\N(C)C1CCS(=O)(=O)C1. The number of carbonyl (C=O) groups is 1. The normalized spacial score (nSPS) is 19.4. The van der Waals surface area contributed by atoms with E-state index in [4.69, 9.17) is 4.74 Å². The number of nitrogens with one attached hydrogen (secondary N) is 1. The Labute approximate surface area is 141 Å². The molecule has 1 saturated heterocycles. The number of hydrogen-bond acceptors (Lipinski definition) is 6. The molecule has 7 nitrogen and oxygen atoms in total. The zero-order chi connectivity index (χ0) is 17.7. The molecule has 1 fully saturated rings. The highest BCUT2D eigenvalue weighted by molar-refractivity contribution is 7.91. The van der Waals surface area contributed by atoms with Gasteiger partial charge in [-0.3, -0.25) is 4.79 Å². The van der Waals surface area contributed by atoms with Crippen LogP contribution in [0.4, 0.5) is 5.69 Å². The number of rotatable bonds is 5. The Morgan fingerprint density at radius 1 is 1.46 bits per heavy atom. The fourth-order valence-corrected chi connectivity index (χ4v) is 4.27. The summed E-state index contributed by atoms with van der Waals surface area (Å²) in [5.74, 6) is 0.0749. The largest absolute Gasteiger partial charge is 0.495 e. The van der Waals surface area contributed by atoms with E-state index in [1.165, 1.54) is 13.3 Å². The van der Waals surface area contributed by atoms with Crippen LogP contribution in [0.2, 0.25) is 0 Å². The minimum Gasteiger partial charge on any atom is -0.495 e. The molecule has 24 heavy (non-hydrogen) atoms. The molecule has 1 N–H and O–H groups in total. The fraction of sp³-hybridized carbons (Fsp3) is 0.375. The van der Waals surface area contributed by atoms with Crippen molar-refractivity contribution in [3.05, 3.63) is 36.0 Å². The molecule has 1 unspecified atom stereocenters. The molecule has 0 bridgehead atoms. The van der Waals surface area contributed by atoms with Gasteiger partial charge in [-0.2, -0.15) is 5.26 Å². The van der Waals surface area contributed by atoms with Gasteiger partial charge in [0.25, 0.3) is 5.91 Å². The summed E-state index contributed by atoms with van der Waals surface area (Å²) < 4.78 is 28.2. The minimum absolute atomic E-state index is 0.0346. The van der Waals surface area contributed by atoms with Gasteiger partial charge >= 0.3 is 0 Å². The predicted molar refractivity (Wildman–Crippen MR) is 90.1 cm³/mol. The number of sulfone groups is 1. The number of amides is 1. The van der Waals surface area contributed by atoms with Crippen molar-refractivity contribution >= 4 is 21.4 Å². The molecule has 0 aromatic heterocycles. The van der Waals surface area contributed by atoms with Gasteiger partial charge in [0.2, 0.25) is 0 Å². The zero-order valence-electron chi connectivity index (χ0n) is 13.5. The van der Waals surface area contributed by atoms with Gasteiger partial charge in [0.05, 0.1) is 24.3 Å². The summed E-state index contributed by atoms with van der Waals surface area (Å²) in [6.07, 6.45) is 1.87. The smallest absolute Gasteiger partial charge is 0.267 e. The summed E-state index contributed by atoms with van der Waals surface area (Å²) in [4.78, 5) is 13.9. The van der Waals surface area contributed by atoms with Gasteiger partial charge < -0.3 is 15.0 Å². The molecule has 0 aliphatic carbocycles. The summed E-state index contributed by atoms with van der Waals surface area (Å²) in [7, 11) is 0.121. The Hall–Kier alpha value is -2.53. The van der Waals surface area contributed by atoms with Crippen molar-refractivity contribution in [1.29, 1.82) is 5.26 Å². The second-order valence-corrected chi connectivity index (χ2v) is 7.76. The van der Waals surface area contributed by atoms with E-state index >= 15 is 0 Å². The molecule has 0 saturated carbocycles. The number of nitriles is 1. The topological polar surface area (TPSA) is 99.5 Å². The maximum Gasteiger partial charge on any atom is 0.267 e. The molecule has 1 aliphatic heterocycles. The lowest BCUT2D eigenvalue weighted by Gasteiger charge is -2.21. The van der Waals surface area contributed by atoms with Crippen molar-refractivity contribution in [2.75, 3.05) is 31.0 Å². The first kappa shape index (κ1) is 17.8. The van der Waals surface area contributed by atoms with Crippen molar-refractivity contribution in [2.45, 2.75) is 12.5 Å². The molecule has 8 heteroatoms. The summed E-state index contributed by atoms with van der Waals surface area (Å²) in [6, 6.07) is 8.50. The Morgan fingerprint density at radius 2 is 2.17 bits per heavy atom. The van der Waals surface area contributed by atoms with Crippen LogP contribution in [0, 0.1) is 11.3 Å². The molecule has 0 radical (unpaired) electrons. The molecular formula is C16H19N3O4S. The molecular weight excluding hydrogens is 330 g/mol. The molecule has 2 rings (SSSR count). The van der Waals surface area contributed by atoms with Gasteiger partial charge in [-0.25, -0.2) is 8.42 Å². The quantitative estimate of drug-likeness (QED) is 0.632. The van der Waals surface area contributed by atoms with Crippen molar-refractivity contribution in [3.63, 3.8) is 0 Å². The lowest BCUT2D eigenvalue weighted by molar-refractivity contribution is -0.112. The Balaban J connectivity index is 2.12. The van der Waals surface area contributed by atoms with Crippen molar-refractivity contribution < 1.29 is 17.9 Å². The Bertz CT molecular complexity index is 796. The number of carbonyl (C=O) groups excluding carboxylic acids is 1. The molecule has 1 amide bonds. The van der Waals surface area contributed by atoms with E-state index in [2.05, 4.69) is 5.32 Å². The van der Waals surface area contributed by atoms with Crippen LogP contribution in [-0.4, -0.2) is 50.9 Å². The molecule has 1 heterocycles. The summed E-state index contributed by atoms with van der Waals surface area (Å²) >= 11 is 0. The van der Waals surface area contributed by atoms with E-state index in [1.54, 1.807) is 36.2 Å². The predicted octanol–water partition coefficient (Wildman–Crippen LogP) is 1.16. The first-order valence-electron chi connectivity index (χ1n) is 7.35. The lowest BCUT2D eigenvalue weighted by atomic mass is 10.2. The molecule has 128 valence electrons. The van der Waals surface area contributed by atoms with Crippen LogP contribution in [0.5, 0.6) is 5.75 Å². The monoisotopic (exact) mass is 349 g/mol. The molecule has 1 aromatic rings. The number of anilines is 1. The highest BCUT2D eigenvalue weighted by Crippen LogP contribution is 2.24. The molecule has 1 aliphatic rings. The van der Waals surface area contributed by atoms with Gasteiger partial charge in [-0.05, 0) is 18.6 Å². The van der Waals surface area contributed by atoms with Crippen LogP contribution in [0.1, 0.15) is 6.42 Å². The van der Waals surface area contributed by atoms with E-state index < -0.39 is 15.7 Å². The first-order valence-corrected chi connectivity index (χ1v) is 9.17. The first-order chi connectivity index (χ1) is 11.4. The van der Waals surface area contributed by atoms with Crippen LogP contribution < -0.4 is 10.1 Å². The number of ether oxygens (including phenoxy) is 1. The van der Waals surface area contributed by atoms with Crippen molar-refractivity contribution in [1.82, 2.24) is 4.90 Å². The van der Waals surface area contributed by atoms with Crippen LogP contribution in [0.25, 0.3) is 0 Å². The van der Waals surface area contributed by atoms with Crippen molar-refractivity contribution in [3.8, 4) is 11.8 Å². The van der Waals surface area contributed by atoms with Gasteiger partial charge in [0.1, 0.15) is 17.4 Å². The van der Waals surface area contributed by atoms with Crippen molar-refractivity contribution in [2.24, 2.45) is 0 Å². The zero-order valence-corrected chi connectivity index (χ0v) is 14.3. The highest BCUT2D eigenvalue weighted by atomic mass is 32.2. The van der Waals surface area contributed by atoms with Crippen LogP contribution in [0.15, 0.2) is 36.0 Å². The van der Waals surface area contributed by atoms with Gasteiger partial charge in [-0.1, -0.05) is 12.1 Å². The fourth-order valence-electron chi connectivity index (χ4n) is 2.48. The number of nitrogens with zero attached hydrogens (tertiary/aromatic N) is 2. The van der Waals surface area contributed by atoms with Gasteiger partial charge in [0, 0.05) is 19.3 Å². The third-order valence-electron chi connectivity index (χ3n) is 3.84. The molecule has 1 atom stereocenters. The number of hydrogen-bond donors (Lipinski definition) is 1. The average molecular weight is 349 g/mol. The second-order valence-electron chi connectivity index (χ2n) is 5.53. The number of benzene rings is 1. The van der Waals surface area contributed by atoms with Crippen LogP contribution >= 0.6 is 0 Å². The minimum atomic E-state index is -3.03. The van der Waals surface area contributed by atoms with E-state index in [0.29, 0.717) is 17.9 Å². The number of para-hydroxylation sites is 2. The third kappa shape index (κ3) is 4.26. The Kier molecular flexibility index (Phi) is 5.46. The van der Waals surface area contributed by atoms with Gasteiger partial charge in [0.15, 0.2) is 9.84 Å². The standard InChI is InChI=1S/C16H19N3O4S/c1-19(13-7-8-24(21,22)11-13)10-12(9-17)16(20)18-14-5-3-4-6-15(14)23-2/h3-6,10,13H,7-8,11H2,1-2H3,(H,18,20)/b12-10-. The van der Waals surface area contributed by atoms with E-state index in [-0.39, 0.29) is 23.1 Å². The van der Waals surface area contributed by atoms with E-state index in [0.717, 1.165) is 0 Å². The molecule has 0 spiro atoms. The summed E-state index contributed by atoms with van der Waals surface area (Å²) in [6.45, 7) is 0. The molecule has 1 aromatic carbocycles.